The largest absolute Gasteiger partial charge is 0.457 e. The number of carbonyl (C=O) groups is 2. The lowest BCUT2D eigenvalue weighted by Crippen LogP contribution is -2.08. The van der Waals surface area contributed by atoms with Gasteiger partial charge in [-0.15, -0.1) is 32.9 Å². The Labute approximate surface area is 199 Å². The zero-order chi connectivity index (χ0) is 23.3. The van der Waals surface area contributed by atoms with Crippen molar-refractivity contribution in [3.05, 3.63) is 80.7 Å². The molecule has 0 amide bonds. The Balaban J connectivity index is 1.15. The van der Waals surface area contributed by atoms with Crippen molar-refractivity contribution in [1.82, 2.24) is 40.4 Å². The van der Waals surface area contributed by atoms with Crippen molar-refractivity contribution in [2.24, 2.45) is 0 Å². The first-order chi connectivity index (χ1) is 16.7. The first-order valence-electron chi connectivity index (χ1n) is 9.73. The molecule has 5 rings (SSSR count). The molecule has 0 radical (unpaired) electrons. The third kappa shape index (κ3) is 4.57. The number of thiophene rings is 2. The zero-order valence-electron chi connectivity index (χ0n) is 17.2. The predicted molar refractivity (Wildman–Crippen MR) is 119 cm³/mol. The molecule has 0 spiro atoms. The molecule has 0 N–H and O–H groups in total. The Morgan fingerprint density at radius 1 is 0.706 bits per heavy atom. The number of rotatable bonds is 8. The summed E-state index contributed by atoms with van der Waals surface area (Å²) in [7, 11) is 0. The molecule has 4 heterocycles. The minimum atomic E-state index is -0.465. The third-order valence-electron chi connectivity index (χ3n) is 4.61. The molecule has 0 atom stereocenters. The van der Waals surface area contributed by atoms with Gasteiger partial charge in [0.1, 0.15) is 35.6 Å². The molecule has 4 aromatic heterocycles. The van der Waals surface area contributed by atoms with Crippen molar-refractivity contribution in [2.75, 3.05) is 0 Å². The summed E-state index contributed by atoms with van der Waals surface area (Å²) in [5, 5.41) is 25.5. The van der Waals surface area contributed by atoms with Crippen molar-refractivity contribution in [3.8, 4) is 11.4 Å². The van der Waals surface area contributed by atoms with Gasteiger partial charge in [-0.1, -0.05) is 24.3 Å². The quantitative estimate of drug-likeness (QED) is 0.295. The molecule has 0 saturated carbocycles. The van der Waals surface area contributed by atoms with Crippen LogP contribution in [0.1, 0.15) is 30.5 Å². The van der Waals surface area contributed by atoms with Crippen LogP contribution in [-0.2, 0) is 22.7 Å². The number of carbonyl (C=O) groups excluding carboxylic acids is 2. The van der Waals surface area contributed by atoms with Gasteiger partial charge in [-0.2, -0.15) is 9.36 Å². The number of hydrogen-bond donors (Lipinski definition) is 0. The molecule has 0 unspecified atom stereocenters. The Morgan fingerprint density at radius 3 is 1.53 bits per heavy atom. The molecule has 1 aromatic carbocycles. The van der Waals surface area contributed by atoms with Crippen LogP contribution < -0.4 is 0 Å². The van der Waals surface area contributed by atoms with E-state index in [-0.39, 0.29) is 13.2 Å². The normalized spacial score (nSPS) is 10.8. The number of ether oxygens (including phenoxy) is 2. The van der Waals surface area contributed by atoms with Gasteiger partial charge in [-0.05, 0) is 54.9 Å². The fraction of sp³-hybridized carbons (Fsp3) is 0.100. The maximum absolute atomic E-state index is 12.5. The van der Waals surface area contributed by atoms with E-state index < -0.39 is 11.9 Å². The highest BCUT2D eigenvalue weighted by molar-refractivity contribution is 7.12. The molecule has 0 aliphatic rings. The van der Waals surface area contributed by atoms with Gasteiger partial charge in [0.2, 0.25) is 0 Å². The van der Waals surface area contributed by atoms with Crippen molar-refractivity contribution in [3.63, 3.8) is 0 Å². The fourth-order valence-corrected chi connectivity index (χ4v) is 4.52. The van der Waals surface area contributed by atoms with Crippen LogP contribution in [0.4, 0.5) is 0 Å². The van der Waals surface area contributed by atoms with Crippen LogP contribution >= 0.6 is 22.7 Å². The SMILES string of the molecule is O=C(OCc1ccc(COC(=O)c2sccc2-n2cnnn2)cc1)c1sccc1-n1cnnn1. The average Bonchev–Trinajstić information content (AvgIpc) is 3.67. The Morgan fingerprint density at radius 2 is 1.15 bits per heavy atom. The summed E-state index contributed by atoms with van der Waals surface area (Å²) >= 11 is 2.50. The molecule has 14 heteroatoms. The summed E-state index contributed by atoms with van der Waals surface area (Å²) in [6.45, 7) is 0.187. The maximum atomic E-state index is 12.5. The minimum absolute atomic E-state index is 0.0936. The van der Waals surface area contributed by atoms with Crippen molar-refractivity contribution < 1.29 is 19.1 Å². The summed E-state index contributed by atoms with van der Waals surface area (Å²) in [6, 6.07) is 10.7. The van der Waals surface area contributed by atoms with E-state index in [1.54, 1.807) is 22.9 Å². The maximum Gasteiger partial charge on any atom is 0.350 e. The summed E-state index contributed by atoms with van der Waals surface area (Å²) in [4.78, 5) is 25.8. The zero-order valence-corrected chi connectivity index (χ0v) is 18.8. The number of nitrogens with zero attached hydrogens (tertiary/aromatic N) is 8. The van der Waals surface area contributed by atoms with E-state index in [1.165, 1.54) is 44.7 Å². The molecule has 170 valence electrons. The molecule has 0 saturated heterocycles. The molecule has 0 fully saturated rings. The Bertz CT molecular complexity index is 1290. The molecule has 0 bridgehead atoms. The Hall–Kier alpha value is -4.30. The first kappa shape index (κ1) is 21.5. The van der Waals surface area contributed by atoms with Crippen LogP contribution in [0.15, 0.2) is 59.8 Å². The smallest absolute Gasteiger partial charge is 0.350 e. The van der Waals surface area contributed by atoms with Gasteiger partial charge in [-0.25, -0.2) is 9.59 Å². The summed E-state index contributed by atoms with van der Waals surface area (Å²) in [5.74, 6) is -0.930. The lowest BCUT2D eigenvalue weighted by atomic mass is 10.1. The van der Waals surface area contributed by atoms with Gasteiger partial charge >= 0.3 is 11.9 Å². The second-order valence-electron chi connectivity index (χ2n) is 6.75. The van der Waals surface area contributed by atoms with E-state index in [0.29, 0.717) is 21.1 Å². The lowest BCUT2D eigenvalue weighted by molar-refractivity contribution is 0.0465. The molecule has 0 aliphatic heterocycles. The second kappa shape index (κ2) is 9.68. The second-order valence-corrected chi connectivity index (χ2v) is 8.58. The van der Waals surface area contributed by atoms with Gasteiger partial charge in [0, 0.05) is 0 Å². The standard InChI is InChI=1S/C20H14N8O4S2/c29-19(17-15(5-7-33-17)27-11-21-23-25-27)31-9-13-1-2-14(4-3-13)10-32-20(30)18-16(6-8-34-18)28-12-22-24-26-28/h1-8,11-12H,9-10H2. The molecular formula is C20H14N8O4S2. The van der Waals surface area contributed by atoms with E-state index in [2.05, 4.69) is 31.1 Å². The molecular weight excluding hydrogens is 480 g/mol. The van der Waals surface area contributed by atoms with Gasteiger partial charge < -0.3 is 9.47 Å². The predicted octanol–water partition coefficient (Wildman–Crippen LogP) is 2.47. The molecule has 12 nitrogen and oxygen atoms in total. The monoisotopic (exact) mass is 494 g/mol. The topological polar surface area (TPSA) is 140 Å². The van der Waals surface area contributed by atoms with Crippen LogP contribution in [-0.4, -0.2) is 52.4 Å². The van der Waals surface area contributed by atoms with Crippen LogP contribution in [0, 0.1) is 0 Å². The molecule has 5 aromatic rings. The van der Waals surface area contributed by atoms with Gasteiger partial charge in [0.25, 0.3) is 0 Å². The Kier molecular flexibility index (Phi) is 6.13. The first-order valence-corrected chi connectivity index (χ1v) is 11.5. The van der Waals surface area contributed by atoms with Crippen molar-refractivity contribution in [2.45, 2.75) is 13.2 Å². The van der Waals surface area contributed by atoms with E-state index in [0.717, 1.165) is 11.1 Å². The van der Waals surface area contributed by atoms with E-state index in [1.807, 2.05) is 24.3 Å². The highest BCUT2D eigenvalue weighted by Crippen LogP contribution is 2.23. The fourth-order valence-electron chi connectivity index (χ4n) is 2.98. The lowest BCUT2D eigenvalue weighted by Gasteiger charge is -2.08. The molecule has 34 heavy (non-hydrogen) atoms. The summed E-state index contributed by atoms with van der Waals surface area (Å²) < 4.78 is 13.7. The third-order valence-corrected chi connectivity index (χ3v) is 6.38. The number of hydrogen-bond acceptors (Lipinski definition) is 12. The van der Waals surface area contributed by atoms with Crippen molar-refractivity contribution >= 4 is 34.6 Å². The molecule has 0 aliphatic carbocycles. The van der Waals surface area contributed by atoms with Crippen LogP contribution in [0.25, 0.3) is 11.4 Å². The van der Waals surface area contributed by atoms with Crippen LogP contribution in [0.3, 0.4) is 0 Å². The average molecular weight is 495 g/mol. The van der Waals surface area contributed by atoms with E-state index in [4.69, 9.17) is 9.47 Å². The van der Waals surface area contributed by atoms with Crippen LogP contribution in [0.5, 0.6) is 0 Å². The highest BCUT2D eigenvalue weighted by atomic mass is 32.1. The van der Waals surface area contributed by atoms with Crippen molar-refractivity contribution in [1.29, 1.82) is 0 Å². The minimum Gasteiger partial charge on any atom is -0.457 e. The number of tetrazole rings is 2. The van der Waals surface area contributed by atoms with E-state index in [9.17, 15) is 9.59 Å². The number of aromatic nitrogens is 8. The van der Waals surface area contributed by atoms with Gasteiger partial charge in [-0.3, -0.25) is 0 Å². The number of benzene rings is 1. The van der Waals surface area contributed by atoms with Crippen LogP contribution in [0.2, 0.25) is 0 Å². The highest BCUT2D eigenvalue weighted by Gasteiger charge is 2.18. The van der Waals surface area contributed by atoms with Gasteiger partial charge in [0.05, 0.1) is 11.4 Å². The van der Waals surface area contributed by atoms with Gasteiger partial charge in [0.15, 0.2) is 0 Å². The van der Waals surface area contributed by atoms with E-state index >= 15 is 0 Å². The number of esters is 2. The summed E-state index contributed by atoms with van der Waals surface area (Å²) in [5.41, 5.74) is 2.71. The summed E-state index contributed by atoms with van der Waals surface area (Å²) in [6.07, 6.45) is 2.82.